The van der Waals surface area contributed by atoms with Crippen molar-refractivity contribution in [3.05, 3.63) is 29.7 Å². The molecule has 2 aromatic heterocycles. The normalized spacial score (nSPS) is 20.1. The predicted molar refractivity (Wildman–Crippen MR) is 79.3 cm³/mol. The molecule has 1 aliphatic rings. The van der Waals surface area contributed by atoms with Gasteiger partial charge in [-0.1, -0.05) is 5.16 Å². The first-order valence-electron chi connectivity index (χ1n) is 7.63. The van der Waals surface area contributed by atoms with Gasteiger partial charge < -0.3 is 9.42 Å². The van der Waals surface area contributed by atoms with Crippen LogP contribution in [0, 0.1) is 13.8 Å². The lowest BCUT2D eigenvalue weighted by Crippen LogP contribution is -2.42. The maximum Gasteiger partial charge on any atom is 0.230 e. The largest absolute Gasteiger partial charge is 0.361 e. The fraction of sp³-hybridized carbons (Fsp3) is 0.600. The van der Waals surface area contributed by atoms with Crippen LogP contribution in [0.3, 0.4) is 0 Å². The minimum atomic E-state index is -0.235. The molecule has 0 aliphatic carbocycles. The van der Waals surface area contributed by atoms with Crippen LogP contribution in [-0.4, -0.2) is 43.8 Å². The third-order valence-corrected chi connectivity index (χ3v) is 4.41. The topological polar surface area (TPSA) is 77.0 Å². The number of hydrogen-bond acceptors (Lipinski definition) is 5. The smallest absolute Gasteiger partial charge is 0.230 e. The third-order valence-electron chi connectivity index (χ3n) is 4.41. The van der Waals surface area contributed by atoms with Crippen LogP contribution in [0.1, 0.15) is 48.7 Å². The summed E-state index contributed by atoms with van der Waals surface area (Å²) in [6.45, 7) is 7.12. The van der Waals surface area contributed by atoms with Crippen molar-refractivity contribution in [2.45, 2.75) is 45.6 Å². The van der Waals surface area contributed by atoms with Crippen molar-refractivity contribution in [1.29, 1.82) is 0 Å². The van der Waals surface area contributed by atoms with E-state index in [-0.39, 0.29) is 17.9 Å². The molecule has 0 bridgehead atoms. The molecule has 0 aromatic carbocycles. The predicted octanol–water partition coefficient (Wildman–Crippen LogP) is 1.85. The minimum absolute atomic E-state index is 0.124. The van der Waals surface area contributed by atoms with Crippen molar-refractivity contribution in [2.75, 3.05) is 13.1 Å². The van der Waals surface area contributed by atoms with Crippen molar-refractivity contribution in [2.24, 2.45) is 0 Å². The molecule has 1 fully saturated rings. The average Bonchev–Trinajstić information content (AvgIpc) is 3.16. The number of likely N-dealkylation sites (tertiary alicyclic amines) is 1. The molecule has 0 saturated carbocycles. The number of aryl methyl sites for hydroxylation is 2. The molecule has 0 spiro atoms. The number of carbonyl (C=O) groups is 1. The van der Waals surface area contributed by atoms with Crippen LogP contribution >= 0.6 is 0 Å². The van der Waals surface area contributed by atoms with Crippen molar-refractivity contribution in [1.82, 2.24) is 24.8 Å². The summed E-state index contributed by atoms with van der Waals surface area (Å²) in [5.74, 6) is 0.614. The second-order valence-corrected chi connectivity index (χ2v) is 5.92. The van der Waals surface area contributed by atoms with E-state index < -0.39 is 0 Å². The highest BCUT2D eigenvalue weighted by atomic mass is 16.5. The Balaban J connectivity index is 1.74. The molecule has 118 valence electrons. The molecule has 3 rings (SSSR count). The molecule has 3 heterocycles. The highest BCUT2D eigenvalue weighted by Gasteiger charge is 2.31. The van der Waals surface area contributed by atoms with Crippen LogP contribution in [0.4, 0.5) is 0 Å². The molecular formula is C15H21N5O2. The fourth-order valence-corrected chi connectivity index (χ4v) is 3.28. The molecule has 7 heteroatoms. The Morgan fingerprint density at radius 2 is 2.27 bits per heavy atom. The Labute approximate surface area is 129 Å². The Bertz CT molecular complexity index is 629. The number of rotatable bonds is 3. The van der Waals surface area contributed by atoms with E-state index in [1.54, 1.807) is 6.33 Å². The molecule has 22 heavy (non-hydrogen) atoms. The van der Waals surface area contributed by atoms with Crippen LogP contribution in [0.25, 0.3) is 0 Å². The molecule has 1 aliphatic heterocycles. The lowest BCUT2D eigenvalue weighted by Gasteiger charge is -2.34. The van der Waals surface area contributed by atoms with Gasteiger partial charge in [0.05, 0.1) is 17.7 Å². The highest BCUT2D eigenvalue weighted by Crippen LogP contribution is 2.28. The lowest BCUT2D eigenvalue weighted by molar-refractivity contribution is -0.134. The maximum absolute atomic E-state index is 12.8. The first-order chi connectivity index (χ1) is 10.6. The van der Waals surface area contributed by atoms with E-state index in [2.05, 4.69) is 15.2 Å². The number of hydrogen-bond donors (Lipinski definition) is 0. The summed E-state index contributed by atoms with van der Waals surface area (Å²) in [5.41, 5.74) is 1.70. The van der Waals surface area contributed by atoms with Crippen molar-refractivity contribution >= 4 is 5.91 Å². The van der Waals surface area contributed by atoms with Gasteiger partial charge in [0.1, 0.15) is 18.4 Å². The van der Waals surface area contributed by atoms with Crippen LogP contribution < -0.4 is 0 Å². The number of carbonyl (C=O) groups excluding carboxylic acids is 1. The van der Waals surface area contributed by atoms with Gasteiger partial charge in [0.15, 0.2) is 0 Å². The van der Waals surface area contributed by atoms with Crippen molar-refractivity contribution in [3.8, 4) is 0 Å². The summed E-state index contributed by atoms with van der Waals surface area (Å²) >= 11 is 0. The molecular weight excluding hydrogens is 282 g/mol. The van der Waals surface area contributed by atoms with Gasteiger partial charge in [-0.3, -0.25) is 4.79 Å². The van der Waals surface area contributed by atoms with E-state index in [4.69, 9.17) is 4.52 Å². The Kier molecular flexibility index (Phi) is 3.96. The Morgan fingerprint density at radius 3 is 2.91 bits per heavy atom. The van der Waals surface area contributed by atoms with E-state index in [1.165, 1.54) is 6.33 Å². The summed E-state index contributed by atoms with van der Waals surface area (Å²) in [5, 5.41) is 8.15. The van der Waals surface area contributed by atoms with Crippen LogP contribution in [0.2, 0.25) is 0 Å². The molecule has 0 unspecified atom stereocenters. The molecule has 1 saturated heterocycles. The summed E-state index contributed by atoms with van der Waals surface area (Å²) < 4.78 is 7.04. The lowest BCUT2D eigenvalue weighted by atomic mass is 9.96. The van der Waals surface area contributed by atoms with Crippen molar-refractivity contribution < 1.29 is 9.32 Å². The number of aromatic nitrogens is 4. The monoisotopic (exact) mass is 303 g/mol. The molecule has 7 nitrogen and oxygen atoms in total. The van der Waals surface area contributed by atoms with Gasteiger partial charge in [-0.25, -0.2) is 9.67 Å². The fourth-order valence-electron chi connectivity index (χ4n) is 3.28. The number of nitrogens with zero attached hydrogens (tertiary/aromatic N) is 5. The third kappa shape index (κ3) is 2.63. The molecule has 2 aromatic rings. The zero-order valence-corrected chi connectivity index (χ0v) is 13.2. The zero-order valence-electron chi connectivity index (χ0n) is 13.2. The summed E-state index contributed by atoms with van der Waals surface area (Å²) in [4.78, 5) is 18.7. The number of piperidine rings is 1. The summed E-state index contributed by atoms with van der Waals surface area (Å²) in [6, 6.07) is 0.206. The second kappa shape index (κ2) is 5.90. The SMILES string of the molecule is Cc1noc(C)c1[C@@H](C)C(=O)N1CCC[C@H](n2cncn2)C1. The Hall–Kier alpha value is -2.18. The van der Waals surface area contributed by atoms with E-state index in [0.717, 1.165) is 36.4 Å². The standard InChI is InChI=1S/C15H21N5O2/c1-10(14-11(2)18-22-12(14)3)15(21)19-6-4-5-13(7-19)20-9-16-8-17-20/h8-10,13H,4-7H2,1-3H3/t10-,13+/m1/s1. The van der Waals surface area contributed by atoms with Crippen molar-refractivity contribution in [3.63, 3.8) is 0 Å². The maximum atomic E-state index is 12.8. The van der Waals surface area contributed by atoms with Crippen LogP contribution in [0.5, 0.6) is 0 Å². The summed E-state index contributed by atoms with van der Waals surface area (Å²) in [6.07, 6.45) is 5.25. The highest BCUT2D eigenvalue weighted by molar-refractivity contribution is 5.84. The van der Waals surface area contributed by atoms with E-state index in [9.17, 15) is 4.79 Å². The average molecular weight is 303 g/mol. The van der Waals surface area contributed by atoms with E-state index >= 15 is 0 Å². The quantitative estimate of drug-likeness (QED) is 0.865. The van der Waals surface area contributed by atoms with E-state index in [1.807, 2.05) is 30.4 Å². The molecule has 2 atom stereocenters. The minimum Gasteiger partial charge on any atom is -0.361 e. The first kappa shape index (κ1) is 14.7. The van der Waals surface area contributed by atoms with Gasteiger partial charge in [-0.2, -0.15) is 5.10 Å². The van der Waals surface area contributed by atoms with Gasteiger partial charge in [-0.15, -0.1) is 0 Å². The van der Waals surface area contributed by atoms with Gasteiger partial charge in [-0.05, 0) is 33.6 Å². The summed E-state index contributed by atoms with van der Waals surface area (Å²) in [7, 11) is 0. The molecule has 1 amide bonds. The second-order valence-electron chi connectivity index (χ2n) is 5.92. The first-order valence-corrected chi connectivity index (χ1v) is 7.63. The van der Waals surface area contributed by atoms with E-state index in [0.29, 0.717) is 6.54 Å². The zero-order chi connectivity index (χ0) is 15.7. The van der Waals surface area contributed by atoms with Gasteiger partial charge in [0, 0.05) is 18.7 Å². The van der Waals surface area contributed by atoms with Gasteiger partial charge in [0.25, 0.3) is 0 Å². The number of amides is 1. The van der Waals surface area contributed by atoms with Crippen LogP contribution in [-0.2, 0) is 4.79 Å². The molecule has 0 radical (unpaired) electrons. The molecule has 0 N–H and O–H groups in total. The van der Waals surface area contributed by atoms with Gasteiger partial charge in [0.2, 0.25) is 5.91 Å². The van der Waals surface area contributed by atoms with Crippen LogP contribution in [0.15, 0.2) is 17.2 Å². The van der Waals surface area contributed by atoms with Gasteiger partial charge >= 0.3 is 0 Å². The Morgan fingerprint density at radius 1 is 1.45 bits per heavy atom.